The predicted octanol–water partition coefficient (Wildman–Crippen LogP) is 1.48. The summed E-state index contributed by atoms with van der Waals surface area (Å²) in [6, 6.07) is 6.91. The second kappa shape index (κ2) is 6.57. The van der Waals surface area contributed by atoms with Gasteiger partial charge in [-0.1, -0.05) is 6.07 Å². The van der Waals surface area contributed by atoms with Crippen molar-refractivity contribution in [3.05, 3.63) is 29.3 Å². The highest BCUT2D eigenvalue weighted by Crippen LogP contribution is 2.19. The topological polar surface area (TPSA) is 85.6 Å². The third kappa shape index (κ3) is 3.51. The van der Waals surface area contributed by atoms with Gasteiger partial charge in [-0.25, -0.2) is 4.79 Å². The van der Waals surface area contributed by atoms with Gasteiger partial charge in [0.05, 0.1) is 43.5 Å². The van der Waals surface area contributed by atoms with Crippen LogP contribution in [0.4, 0.5) is 10.5 Å². The van der Waals surface area contributed by atoms with Crippen molar-refractivity contribution in [2.24, 2.45) is 0 Å². The van der Waals surface area contributed by atoms with E-state index >= 15 is 0 Å². The SMILES string of the molecule is Cc1ccc(C#N)cc1NC(=O)N1C[C@@H](CO)OC[C@H]1C. The van der Waals surface area contributed by atoms with Gasteiger partial charge in [-0.05, 0) is 31.5 Å². The van der Waals surface area contributed by atoms with E-state index in [2.05, 4.69) is 11.4 Å². The molecule has 1 aliphatic rings. The molecular weight excluding hydrogens is 270 g/mol. The number of morpholine rings is 1. The average molecular weight is 289 g/mol. The number of amides is 2. The van der Waals surface area contributed by atoms with Crippen molar-refractivity contribution in [3.63, 3.8) is 0 Å². The second-order valence-electron chi connectivity index (χ2n) is 5.21. The molecule has 21 heavy (non-hydrogen) atoms. The number of benzene rings is 1. The summed E-state index contributed by atoms with van der Waals surface area (Å²) < 4.78 is 5.42. The van der Waals surface area contributed by atoms with Gasteiger partial charge in [0.1, 0.15) is 0 Å². The van der Waals surface area contributed by atoms with Crippen LogP contribution in [0.15, 0.2) is 18.2 Å². The van der Waals surface area contributed by atoms with Crippen molar-refractivity contribution in [3.8, 4) is 6.07 Å². The highest BCUT2D eigenvalue weighted by Gasteiger charge is 2.29. The maximum Gasteiger partial charge on any atom is 0.322 e. The molecule has 6 heteroatoms. The number of nitrogens with zero attached hydrogens (tertiary/aromatic N) is 2. The highest BCUT2D eigenvalue weighted by atomic mass is 16.5. The molecule has 0 spiro atoms. The van der Waals surface area contributed by atoms with Crippen molar-refractivity contribution in [1.29, 1.82) is 5.26 Å². The minimum Gasteiger partial charge on any atom is -0.394 e. The zero-order valence-corrected chi connectivity index (χ0v) is 12.2. The Bertz CT molecular complexity index is 568. The van der Waals surface area contributed by atoms with Crippen LogP contribution in [0.2, 0.25) is 0 Å². The van der Waals surface area contributed by atoms with E-state index < -0.39 is 0 Å². The van der Waals surface area contributed by atoms with Crippen molar-refractivity contribution < 1.29 is 14.6 Å². The molecule has 0 aliphatic carbocycles. The third-order valence-corrected chi connectivity index (χ3v) is 3.58. The van der Waals surface area contributed by atoms with Gasteiger partial charge in [-0.15, -0.1) is 0 Å². The van der Waals surface area contributed by atoms with Crippen LogP contribution in [-0.2, 0) is 4.74 Å². The molecule has 0 bridgehead atoms. The van der Waals surface area contributed by atoms with Crippen LogP contribution in [0, 0.1) is 18.3 Å². The Hall–Kier alpha value is -2.10. The number of aliphatic hydroxyl groups is 1. The summed E-state index contributed by atoms with van der Waals surface area (Å²) in [5, 5.41) is 20.9. The molecule has 1 aromatic carbocycles. The number of nitrogens with one attached hydrogen (secondary N) is 1. The van der Waals surface area contributed by atoms with Crippen LogP contribution in [0.1, 0.15) is 18.1 Å². The Morgan fingerprint density at radius 3 is 3.05 bits per heavy atom. The zero-order chi connectivity index (χ0) is 15.4. The summed E-state index contributed by atoms with van der Waals surface area (Å²) in [6.45, 7) is 4.40. The lowest BCUT2D eigenvalue weighted by atomic mass is 10.1. The first kappa shape index (κ1) is 15.3. The Morgan fingerprint density at radius 1 is 1.62 bits per heavy atom. The molecule has 1 saturated heterocycles. The van der Waals surface area contributed by atoms with E-state index in [-0.39, 0.29) is 24.8 Å². The molecule has 112 valence electrons. The molecule has 2 rings (SSSR count). The fourth-order valence-corrected chi connectivity index (χ4v) is 2.22. The number of urea groups is 1. The maximum atomic E-state index is 12.4. The van der Waals surface area contributed by atoms with Crippen LogP contribution in [0.25, 0.3) is 0 Å². The van der Waals surface area contributed by atoms with Gasteiger partial charge in [-0.2, -0.15) is 5.26 Å². The number of rotatable bonds is 2. The Kier molecular flexibility index (Phi) is 4.78. The van der Waals surface area contributed by atoms with E-state index in [9.17, 15) is 4.79 Å². The van der Waals surface area contributed by atoms with E-state index in [1.54, 1.807) is 23.1 Å². The lowest BCUT2D eigenvalue weighted by Gasteiger charge is -2.37. The number of carbonyl (C=O) groups is 1. The van der Waals surface area contributed by atoms with E-state index in [0.29, 0.717) is 24.4 Å². The van der Waals surface area contributed by atoms with E-state index in [1.165, 1.54) is 0 Å². The van der Waals surface area contributed by atoms with Crippen molar-refractivity contribution in [2.45, 2.75) is 26.0 Å². The quantitative estimate of drug-likeness (QED) is 0.863. The number of hydrogen-bond acceptors (Lipinski definition) is 4. The number of aryl methyl sites for hydroxylation is 1. The summed E-state index contributed by atoms with van der Waals surface area (Å²) in [7, 11) is 0. The molecule has 2 N–H and O–H groups in total. The first-order valence-electron chi connectivity index (χ1n) is 6.86. The van der Waals surface area contributed by atoms with Gasteiger partial charge in [0, 0.05) is 5.69 Å². The fraction of sp³-hybridized carbons (Fsp3) is 0.467. The molecule has 2 atom stereocenters. The Balaban J connectivity index is 2.12. The van der Waals surface area contributed by atoms with Gasteiger partial charge >= 0.3 is 6.03 Å². The van der Waals surface area contributed by atoms with E-state index in [4.69, 9.17) is 15.1 Å². The molecule has 0 radical (unpaired) electrons. The smallest absolute Gasteiger partial charge is 0.322 e. The van der Waals surface area contributed by atoms with Crippen LogP contribution in [0.3, 0.4) is 0 Å². The van der Waals surface area contributed by atoms with Gasteiger partial charge < -0.3 is 20.1 Å². The summed E-state index contributed by atoms with van der Waals surface area (Å²) in [5.41, 5.74) is 2.01. The van der Waals surface area contributed by atoms with Gasteiger partial charge in [0.2, 0.25) is 0 Å². The number of nitriles is 1. The molecule has 1 aromatic rings. The van der Waals surface area contributed by atoms with Crippen LogP contribution < -0.4 is 5.32 Å². The lowest BCUT2D eigenvalue weighted by Crippen LogP contribution is -2.53. The first-order valence-corrected chi connectivity index (χ1v) is 6.86. The summed E-state index contributed by atoms with van der Waals surface area (Å²) in [5.74, 6) is 0. The molecule has 1 aliphatic heterocycles. The number of ether oxygens (including phenoxy) is 1. The molecule has 0 saturated carbocycles. The lowest BCUT2D eigenvalue weighted by molar-refractivity contribution is -0.0611. The molecule has 0 aromatic heterocycles. The Labute approximate surface area is 123 Å². The molecule has 1 heterocycles. The third-order valence-electron chi connectivity index (χ3n) is 3.58. The minimum absolute atomic E-state index is 0.0627. The second-order valence-corrected chi connectivity index (χ2v) is 5.21. The van der Waals surface area contributed by atoms with Crippen molar-refractivity contribution >= 4 is 11.7 Å². The van der Waals surface area contributed by atoms with Crippen molar-refractivity contribution in [2.75, 3.05) is 25.1 Å². The number of anilines is 1. The normalized spacial score (nSPS) is 21.7. The van der Waals surface area contributed by atoms with Crippen LogP contribution in [-0.4, -0.2) is 47.9 Å². The van der Waals surface area contributed by atoms with E-state index in [0.717, 1.165) is 5.56 Å². The summed E-state index contributed by atoms with van der Waals surface area (Å²) >= 11 is 0. The fourth-order valence-electron chi connectivity index (χ4n) is 2.22. The van der Waals surface area contributed by atoms with Gasteiger partial charge in [0.15, 0.2) is 0 Å². The number of carbonyl (C=O) groups excluding carboxylic acids is 1. The van der Waals surface area contributed by atoms with E-state index in [1.807, 2.05) is 13.8 Å². The maximum absolute atomic E-state index is 12.4. The predicted molar refractivity (Wildman–Crippen MR) is 77.9 cm³/mol. The molecule has 2 amide bonds. The largest absolute Gasteiger partial charge is 0.394 e. The standard InChI is InChI=1S/C15H19N3O3/c1-10-3-4-12(6-16)5-14(10)17-15(20)18-7-13(8-19)21-9-11(18)2/h3-5,11,13,19H,7-9H2,1-2H3,(H,17,20)/t11-,13+/m1/s1. The summed E-state index contributed by atoms with van der Waals surface area (Å²) in [6.07, 6.45) is -0.349. The minimum atomic E-state index is -0.349. The Morgan fingerprint density at radius 2 is 2.38 bits per heavy atom. The van der Waals surface area contributed by atoms with Crippen molar-refractivity contribution in [1.82, 2.24) is 4.90 Å². The summed E-state index contributed by atoms with van der Waals surface area (Å²) in [4.78, 5) is 14.0. The number of aliphatic hydroxyl groups excluding tert-OH is 1. The number of hydrogen-bond donors (Lipinski definition) is 2. The average Bonchev–Trinajstić information content (AvgIpc) is 2.49. The monoisotopic (exact) mass is 289 g/mol. The molecule has 1 fully saturated rings. The molecular formula is C15H19N3O3. The molecule has 6 nitrogen and oxygen atoms in total. The molecule has 0 unspecified atom stereocenters. The highest BCUT2D eigenvalue weighted by molar-refractivity contribution is 5.90. The van der Waals surface area contributed by atoms with Crippen LogP contribution in [0.5, 0.6) is 0 Å². The first-order chi connectivity index (χ1) is 10.0. The van der Waals surface area contributed by atoms with Gasteiger partial charge in [0.25, 0.3) is 0 Å². The van der Waals surface area contributed by atoms with Gasteiger partial charge in [-0.3, -0.25) is 0 Å². The zero-order valence-electron chi connectivity index (χ0n) is 12.2. The van der Waals surface area contributed by atoms with Crippen LogP contribution >= 0.6 is 0 Å².